The fourth-order valence-corrected chi connectivity index (χ4v) is 1.87. The second-order valence-corrected chi connectivity index (χ2v) is 4.15. The molecule has 15 heavy (non-hydrogen) atoms. The molecule has 3 heteroatoms. The van der Waals surface area contributed by atoms with E-state index in [0.29, 0.717) is 13.2 Å². The fraction of sp³-hybridized carbons (Fsp3) is 0.500. The highest BCUT2D eigenvalue weighted by atomic mass is 35.5. The maximum atomic E-state index is 6.03. The molecular weight excluding hydrogens is 210 g/mol. The number of aryl methyl sites for hydroxylation is 1. The van der Waals surface area contributed by atoms with Crippen LogP contribution in [-0.2, 0) is 0 Å². The Morgan fingerprint density at radius 3 is 2.67 bits per heavy atom. The van der Waals surface area contributed by atoms with Crippen LogP contribution in [0.15, 0.2) is 12.1 Å². The Morgan fingerprint density at radius 1 is 1.47 bits per heavy atom. The van der Waals surface area contributed by atoms with Gasteiger partial charge in [-0.3, -0.25) is 0 Å². The van der Waals surface area contributed by atoms with E-state index in [9.17, 15) is 0 Å². The van der Waals surface area contributed by atoms with Gasteiger partial charge in [0.15, 0.2) is 0 Å². The van der Waals surface area contributed by atoms with E-state index in [0.717, 1.165) is 21.9 Å². The van der Waals surface area contributed by atoms with Gasteiger partial charge in [-0.15, -0.1) is 0 Å². The smallest absolute Gasteiger partial charge is 0.125 e. The van der Waals surface area contributed by atoms with Crippen LogP contribution in [0.4, 0.5) is 0 Å². The van der Waals surface area contributed by atoms with Gasteiger partial charge in [-0.05, 0) is 49.6 Å². The Hall–Kier alpha value is -0.730. The summed E-state index contributed by atoms with van der Waals surface area (Å²) in [5.41, 5.74) is 7.84. The minimum Gasteiger partial charge on any atom is -0.493 e. The van der Waals surface area contributed by atoms with Crippen molar-refractivity contribution in [2.75, 3.05) is 13.2 Å². The van der Waals surface area contributed by atoms with Gasteiger partial charge in [0.2, 0.25) is 0 Å². The summed E-state index contributed by atoms with van der Waals surface area (Å²) in [7, 11) is 0. The topological polar surface area (TPSA) is 35.2 Å². The summed E-state index contributed by atoms with van der Waals surface area (Å²) in [5, 5.41) is 0.742. The minimum absolute atomic E-state index is 0.268. The van der Waals surface area contributed by atoms with Crippen LogP contribution in [0.3, 0.4) is 0 Å². The standard InChI is InChI=1S/C12H18ClNO/c1-4-15-12-8(2)5-10(13)6-11(12)9(3)7-14/h5-6,9H,4,7,14H2,1-3H3. The molecule has 0 spiro atoms. The zero-order valence-corrected chi connectivity index (χ0v) is 10.3. The summed E-state index contributed by atoms with van der Waals surface area (Å²) < 4.78 is 5.63. The lowest BCUT2D eigenvalue weighted by Crippen LogP contribution is -2.11. The predicted molar refractivity (Wildman–Crippen MR) is 64.8 cm³/mol. The SMILES string of the molecule is CCOc1c(C)cc(Cl)cc1C(C)CN. The summed E-state index contributed by atoms with van der Waals surface area (Å²) in [6.45, 7) is 7.31. The van der Waals surface area contributed by atoms with Crippen LogP contribution in [-0.4, -0.2) is 13.2 Å². The van der Waals surface area contributed by atoms with Crippen LogP contribution >= 0.6 is 11.6 Å². The summed E-state index contributed by atoms with van der Waals surface area (Å²) >= 11 is 6.03. The number of ether oxygens (including phenoxy) is 1. The molecule has 1 aromatic carbocycles. The number of nitrogens with two attached hydrogens (primary N) is 1. The molecule has 0 aromatic heterocycles. The predicted octanol–water partition coefficient (Wildman–Crippen LogP) is 3.11. The number of benzene rings is 1. The normalized spacial score (nSPS) is 12.6. The molecule has 0 bridgehead atoms. The van der Waals surface area contributed by atoms with Crippen molar-refractivity contribution in [3.05, 3.63) is 28.3 Å². The highest BCUT2D eigenvalue weighted by Crippen LogP contribution is 2.32. The molecule has 0 aliphatic heterocycles. The van der Waals surface area contributed by atoms with E-state index in [1.54, 1.807) is 0 Å². The van der Waals surface area contributed by atoms with Gasteiger partial charge in [-0.25, -0.2) is 0 Å². The molecule has 84 valence electrons. The average Bonchev–Trinajstić information content (AvgIpc) is 2.20. The maximum absolute atomic E-state index is 6.03. The second kappa shape index (κ2) is 5.38. The first kappa shape index (κ1) is 12.3. The molecule has 0 heterocycles. The first-order valence-electron chi connectivity index (χ1n) is 5.23. The molecular formula is C12H18ClNO. The van der Waals surface area contributed by atoms with Gasteiger partial charge in [-0.1, -0.05) is 18.5 Å². The summed E-state index contributed by atoms with van der Waals surface area (Å²) in [5.74, 6) is 1.20. The van der Waals surface area contributed by atoms with E-state index >= 15 is 0 Å². The van der Waals surface area contributed by atoms with Gasteiger partial charge >= 0.3 is 0 Å². The Bertz CT molecular complexity index is 339. The number of hydrogen-bond donors (Lipinski definition) is 1. The molecule has 0 amide bonds. The molecule has 0 fully saturated rings. The Kier molecular flexibility index (Phi) is 4.43. The third-order valence-electron chi connectivity index (χ3n) is 2.44. The molecule has 0 saturated heterocycles. The Balaban J connectivity index is 3.20. The van der Waals surface area contributed by atoms with Crippen LogP contribution in [0, 0.1) is 6.92 Å². The number of halogens is 1. The van der Waals surface area contributed by atoms with E-state index in [1.807, 2.05) is 26.0 Å². The molecule has 0 aliphatic rings. The lowest BCUT2D eigenvalue weighted by atomic mass is 9.98. The second-order valence-electron chi connectivity index (χ2n) is 3.71. The average molecular weight is 228 g/mol. The molecule has 1 aromatic rings. The van der Waals surface area contributed by atoms with Gasteiger partial charge in [-0.2, -0.15) is 0 Å². The fourth-order valence-electron chi connectivity index (χ4n) is 1.59. The van der Waals surface area contributed by atoms with Crippen molar-refractivity contribution in [3.63, 3.8) is 0 Å². The molecule has 0 radical (unpaired) electrons. The van der Waals surface area contributed by atoms with E-state index in [4.69, 9.17) is 22.1 Å². The van der Waals surface area contributed by atoms with Gasteiger partial charge in [0.25, 0.3) is 0 Å². The van der Waals surface area contributed by atoms with Crippen molar-refractivity contribution in [1.29, 1.82) is 0 Å². The largest absolute Gasteiger partial charge is 0.493 e. The van der Waals surface area contributed by atoms with Crippen LogP contribution < -0.4 is 10.5 Å². The van der Waals surface area contributed by atoms with E-state index in [2.05, 4.69) is 6.92 Å². The Morgan fingerprint density at radius 2 is 2.13 bits per heavy atom. The van der Waals surface area contributed by atoms with Crippen molar-refractivity contribution in [1.82, 2.24) is 0 Å². The summed E-state index contributed by atoms with van der Waals surface area (Å²) in [4.78, 5) is 0. The molecule has 1 unspecified atom stereocenters. The van der Waals surface area contributed by atoms with Gasteiger partial charge < -0.3 is 10.5 Å². The van der Waals surface area contributed by atoms with E-state index in [-0.39, 0.29) is 5.92 Å². The lowest BCUT2D eigenvalue weighted by molar-refractivity contribution is 0.332. The quantitative estimate of drug-likeness (QED) is 0.858. The Labute approximate surface area is 96.4 Å². The first-order valence-corrected chi connectivity index (χ1v) is 5.60. The van der Waals surface area contributed by atoms with Crippen molar-refractivity contribution >= 4 is 11.6 Å². The zero-order valence-electron chi connectivity index (χ0n) is 9.51. The van der Waals surface area contributed by atoms with Crippen LogP contribution in [0.25, 0.3) is 0 Å². The van der Waals surface area contributed by atoms with E-state index < -0.39 is 0 Å². The first-order chi connectivity index (χ1) is 7.10. The van der Waals surface area contributed by atoms with Gasteiger partial charge in [0.05, 0.1) is 6.61 Å². The number of hydrogen-bond acceptors (Lipinski definition) is 2. The molecule has 1 rings (SSSR count). The minimum atomic E-state index is 0.268. The molecule has 1 atom stereocenters. The molecule has 2 nitrogen and oxygen atoms in total. The van der Waals surface area contributed by atoms with Crippen LogP contribution in [0.5, 0.6) is 5.75 Å². The number of rotatable bonds is 4. The van der Waals surface area contributed by atoms with Gasteiger partial charge in [0, 0.05) is 5.02 Å². The van der Waals surface area contributed by atoms with Gasteiger partial charge in [0.1, 0.15) is 5.75 Å². The van der Waals surface area contributed by atoms with E-state index in [1.165, 1.54) is 0 Å². The van der Waals surface area contributed by atoms with Crippen LogP contribution in [0.2, 0.25) is 5.02 Å². The van der Waals surface area contributed by atoms with Crippen LogP contribution in [0.1, 0.15) is 30.9 Å². The monoisotopic (exact) mass is 227 g/mol. The molecule has 2 N–H and O–H groups in total. The summed E-state index contributed by atoms with van der Waals surface area (Å²) in [6.07, 6.45) is 0. The molecule has 0 aliphatic carbocycles. The highest BCUT2D eigenvalue weighted by molar-refractivity contribution is 6.30. The summed E-state index contributed by atoms with van der Waals surface area (Å²) in [6, 6.07) is 3.86. The van der Waals surface area contributed by atoms with Crippen molar-refractivity contribution in [2.24, 2.45) is 5.73 Å². The van der Waals surface area contributed by atoms with Crippen molar-refractivity contribution in [2.45, 2.75) is 26.7 Å². The van der Waals surface area contributed by atoms with Crippen molar-refractivity contribution < 1.29 is 4.74 Å². The third-order valence-corrected chi connectivity index (χ3v) is 2.66. The maximum Gasteiger partial charge on any atom is 0.125 e. The lowest BCUT2D eigenvalue weighted by Gasteiger charge is -2.17. The molecule has 0 saturated carbocycles. The third kappa shape index (κ3) is 2.86. The zero-order chi connectivity index (χ0) is 11.4. The highest BCUT2D eigenvalue weighted by Gasteiger charge is 2.13. The van der Waals surface area contributed by atoms with Crippen molar-refractivity contribution in [3.8, 4) is 5.75 Å².